The van der Waals surface area contributed by atoms with E-state index in [2.05, 4.69) is 6.07 Å². The first-order chi connectivity index (χ1) is 12.7. The second kappa shape index (κ2) is 7.16. The average molecular weight is 398 g/mol. The highest BCUT2D eigenvalue weighted by Crippen LogP contribution is 2.31. The van der Waals surface area contributed by atoms with Crippen LogP contribution in [0, 0.1) is 24.1 Å². The van der Waals surface area contributed by atoms with Gasteiger partial charge in [0.05, 0.1) is 11.6 Å². The van der Waals surface area contributed by atoms with E-state index >= 15 is 0 Å². The van der Waals surface area contributed by atoms with E-state index in [1.54, 1.807) is 12.2 Å². The summed E-state index contributed by atoms with van der Waals surface area (Å²) < 4.78 is 36.8. The van der Waals surface area contributed by atoms with Gasteiger partial charge in [-0.25, -0.2) is 17.9 Å². The predicted molar refractivity (Wildman–Crippen MR) is 106 cm³/mol. The highest BCUT2D eigenvalue weighted by molar-refractivity contribution is 7.89. The number of sulfonamides is 1. The van der Waals surface area contributed by atoms with Gasteiger partial charge in [-0.3, -0.25) is 0 Å². The zero-order chi connectivity index (χ0) is 19.8. The van der Waals surface area contributed by atoms with Crippen molar-refractivity contribution in [1.82, 2.24) is 0 Å². The minimum absolute atomic E-state index is 0.162. The summed E-state index contributed by atoms with van der Waals surface area (Å²) >= 11 is 5.50. The number of aryl methyl sites for hydroxylation is 1. The molecule has 0 aliphatic heterocycles. The second-order valence-electron chi connectivity index (χ2n) is 6.22. The third-order valence-corrected chi connectivity index (χ3v) is 5.70. The lowest BCUT2D eigenvalue weighted by molar-refractivity contribution is 0.568. The smallest absolute Gasteiger partial charge is 0.225 e. The Bertz CT molecular complexity index is 1160. The molecule has 0 aromatic heterocycles. The molecule has 2 aromatic rings. The van der Waals surface area contributed by atoms with Gasteiger partial charge < -0.3 is 0 Å². The van der Waals surface area contributed by atoms with Crippen LogP contribution in [0.4, 0.5) is 4.39 Å². The number of nitrogens with two attached hydrogens (primary N) is 1. The molecule has 0 saturated heterocycles. The maximum absolute atomic E-state index is 14.1. The monoisotopic (exact) mass is 398 g/mol. The number of hydrogen-bond acceptors (Lipinski definition) is 4. The number of primary sulfonamides is 1. The summed E-state index contributed by atoms with van der Waals surface area (Å²) in [5.41, 5.74) is 3.57. The Hall–Kier alpha value is -2.66. The fourth-order valence-electron chi connectivity index (χ4n) is 2.91. The molecular weight excluding hydrogens is 383 g/mol. The van der Waals surface area contributed by atoms with Gasteiger partial charge in [-0.05, 0) is 53.5 Å². The van der Waals surface area contributed by atoms with Crippen molar-refractivity contribution in [2.45, 2.75) is 17.7 Å². The van der Waals surface area contributed by atoms with Gasteiger partial charge in [-0.15, -0.1) is 0 Å². The van der Waals surface area contributed by atoms with E-state index in [4.69, 9.17) is 17.4 Å². The number of hydrogen-bond donors (Lipinski definition) is 1. The van der Waals surface area contributed by atoms with E-state index in [9.17, 15) is 18.1 Å². The van der Waals surface area contributed by atoms with Crippen LogP contribution in [0.3, 0.4) is 0 Å². The molecular formula is C20H15FN2O2S2. The molecule has 0 radical (unpaired) electrons. The van der Waals surface area contributed by atoms with Crippen LogP contribution in [-0.4, -0.2) is 13.3 Å². The molecule has 0 fully saturated rings. The first kappa shape index (κ1) is 19.1. The van der Waals surface area contributed by atoms with Crippen LogP contribution >= 0.6 is 12.2 Å². The maximum atomic E-state index is 14.1. The fourth-order valence-corrected chi connectivity index (χ4v) is 3.84. The highest BCUT2D eigenvalue weighted by Gasteiger charge is 2.20. The van der Waals surface area contributed by atoms with Crippen molar-refractivity contribution in [2.75, 3.05) is 0 Å². The quantitative estimate of drug-likeness (QED) is 0.798. The van der Waals surface area contributed by atoms with E-state index in [0.29, 0.717) is 21.6 Å². The van der Waals surface area contributed by atoms with Crippen LogP contribution in [0.1, 0.15) is 28.2 Å². The lowest BCUT2D eigenvalue weighted by atomic mass is 9.87. The number of nitriles is 1. The third kappa shape index (κ3) is 3.88. The average Bonchev–Trinajstić information content (AvgIpc) is 2.61. The molecule has 3 rings (SSSR count). The van der Waals surface area contributed by atoms with Gasteiger partial charge in [0.25, 0.3) is 0 Å². The Morgan fingerprint density at radius 1 is 1.22 bits per heavy atom. The molecule has 0 spiro atoms. The summed E-state index contributed by atoms with van der Waals surface area (Å²) in [5, 5.41) is 14.2. The largest absolute Gasteiger partial charge is 0.240 e. The van der Waals surface area contributed by atoms with Gasteiger partial charge in [-0.1, -0.05) is 42.6 Å². The molecule has 2 N–H and O–H groups in total. The summed E-state index contributed by atoms with van der Waals surface area (Å²) in [4.78, 5) is 0.0759. The summed E-state index contributed by atoms with van der Waals surface area (Å²) in [6, 6.07) is 11.5. The van der Waals surface area contributed by atoms with E-state index in [0.717, 1.165) is 23.3 Å². The maximum Gasteiger partial charge on any atom is 0.240 e. The van der Waals surface area contributed by atoms with Gasteiger partial charge in [0, 0.05) is 10.8 Å². The minimum atomic E-state index is -4.11. The molecule has 1 aliphatic rings. The summed E-state index contributed by atoms with van der Waals surface area (Å²) in [6.45, 7) is 1.87. The van der Waals surface area contributed by atoms with Crippen LogP contribution in [0.25, 0.3) is 5.57 Å². The first-order valence-corrected chi connectivity index (χ1v) is 9.93. The molecule has 0 amide bonds. The predicted octanol–water partition coefficient (Wildman–Crippen LogP) is 3.76. The van der Waals surface area contributed by atoms with E-state index in [1.807, 2.05) is 31.2 Å². The van der Waals surface area contributed by atoms with Crippen LogP contribution in [0.5, 0.6) is 0 Å². The van der Waals surface area contributed by atoms with Crippen molar-refractivity contribution in [3.8, 4) is 6.07 Å². The van der Waals surface area contributed by atoms with Crippen LogP contribution < -0.4 is 5.14 Å². The lowest BCUT2D eigenvalue weighted by Gasteiger charge is -2.19. The van der Waals surface area contributed by atoms with Crippen molar-refractivity contribution < 1.29 is 12.8 Å². The third-order valence-electron chi connectivity index (χ3n) is 4.39. The van der Waals surface area contributed by atoms with Crippen LogP contribution in [0.2, 0.25) is 0 Å². The fraction of sp³-hybridized carbons (Fsp3) is 0.100. The zero-order valence-electron chi connectivity index (χ0n) is 14.3. The summed E-state index contributed by atoms with van der Waals surface area (Å²) in [6.07, 6.45) is 5.43. The molecule has 7 heteroatoms. The molecule has 4 nitrogen and oxygen atoms in total. The number of allylic oxidation sites excluding steroid dienone is 4. The Morgan fingerprint density at radius 2 is 1.96 bits per heavy atom. The van der Waals surface area contributed by atoms with E-state index in [-0.39, 0.29) is 5.92 Å². The van der Waals surface area contributed by atoms with Crippen molar-refractivity contribution >= 4 is 32.7 Å². The summed E-state index contributed by atoms with van der Waals surface area (Å²) in [5.74, 6) is -1.07. The van der Waals surface area contributed by atoms with Crippen LogP contribution in [-0.2, 0) is 10.0 Å². The molecule has 2 aromatic carbocycles. The normalized spacial score (nSPS) is 16.7. The minimum Gasteiger partial charge on any atom is -0.225 e. The zero-order valence-corrected chi connectivity index (χ0v) is 15.9. The van der Waals surface area contributed by atoms with Crippen molar-refractivity contribution in [2.24, 2.45) is 5.14 Å². The number of thiocarbonyl (C=S) groups is 1. The molecule has 27 heavy (non-hydrogen) atoms. The standard InChI is InChI=1S/C20H15FN2O2S2/c1-12-2-3-15(8-16(12)11-22)17-6-4-14(10-19(17)26)13-5-7-20(18(21)9-13)27(23,24)25/h2-10,17H,1H3,(H2,23,24,25). The Kier molecular flexibility index (Phi) is 5.07. The second-order valence-corrected chi connectivity index (χ2v) is 8.22. The lowest BCUT2D eigenvalue weighted by Crippen LogP contribution is -2.14. The summed E-state index contributed by atoms with van der Waals surface area (Å²) in [7, 11) is -4.11. The molecule has 1 unspecified atom stereocenters. The molecule has 136 valence electrons. The van der Waals surface area contributed by atoms with Gasteiger partial charge >= 0.3 is 0 Å². The molecule has 1 atom stereocenters. The molecule has 0 heterocycles. The molecule has 0 saturated carbocycles. The number of halogens is 1. The van der Waals surface area contributed by atoms with Gasteiger partial charge in [0.1, 0.15) is 10.7 Å². The van der Waals surface area contributed by atoms with Crippen molar-refractivity contribution in [1.29, 1.82) is 5.26 Å². The van der Waals surface area contributed by atoms with Gasteiger partial charge in [-0.2, -0.15) is 5.26 Å². The van der Waals surface area contributed by atoms with Crippen LogP contribution in [0.15, 0.2) is 59.5 Å². The number of benzene rings is 2. The number of rotatable bonds is 3. The van der Waals surface area contributed by atoms with Gasteiger partial charge in [0.15, 0.2) is 0 Å². The van der Waals surface area contributed by atoms with Crippen molar-refractivity contribution in [3.05, 3.63) is 82.7 Å². The van der Waals surface area contributed by atoms with Gasteiger partial charge in [0.2, 0.25) is 10.0 Å². The van der Waals surface area contributed by atoms with Crippen molar-refractivity contribution in [3.63, 3.8) is 0 Å². The van der Waals surface area contributed by atoms with E-state index < -0.39 is 20.7 Å². The molecule has 1 aliphatic carbocycles. The SMILES string of the molecule is Cc1ccc(C2C=CC(c3ccc(S(N)(=O)=O)c(F)c3)=CC2=S)cc1C#N. The molecule has 0 bridgehead atoms. The Morgan fingerprint density at radius 3 is 2.56 bits per heavy atom. The highest BCUT2D eigenvalue weighted by atomic mass is 32.2. The Labute approximate surface area is 162 Å². The number of nitrogens with zero attached hydrogens (tertiary/aromatic N) is 1. The topological polar surface area (TPSA) is 84.0 Å². The van der Waals surface area contributed by atoms with E-state index in [1.165, 1.54) is 6.07 Å². The Balaban J connectivity index is 1.92. The first-order valence-electron chi connectivity index (χ1n) is 7.98.